The van der Waals surface area contributed by atoms with Crippen LogP contribution >= 0.6 is 0 Å². The Morgan fingerprint density at radius 2 is 2.03 bits per heavy atom. The van der Waals surface area contributed by atoms with E-state index in [9.17, 15) is 9.18 Å². The van der Waals surface area contributed by atoms with Gasteiger partial charge in [-0.15, -0.1) is 0 Å². The molecular weight excluding hydrogens is 397 g/mol. The summed E-state index contributed by atoms with van der Waals surface area (Å²) >= 11 is 0. The molecule has 8 heteroatoms. The second-order valence-corrected chi connectivity index (χ2v) is 8.25. The summed E-state index contributed by atoms with van der Waals surface area (Å²) in [5, 5.41) is 11.4. The van der Waals surface area contributed by atoms with Crippen LogP contribution in [0.25, 0.3) is 11.0 Å². The molecule has 0 bridgehead atoms. The fourth-order valence-corrected chi connectivity index (χ4v) is 4.47. The van der Waals surface area contributed by atoms with Crippen molar-refractivity contribution in [2.24, 2.45) is 0 Å². The second-order valence-electron chi connectivity index (χ2n) is 8.25. The molecule has 4 heterocycles. The van der Waals surface area contributed by atoms with Crippen molar-refractivity contribution >= 4 is 22.8 Å². The number of piperidine rings is 1. The Hall–Kier alpha value is -3.00. The number of rotatable bonds is 5. The Labute approximate surface area is 180 Å². The van der Waals surface area contributed by atoms with E-state index in [2.05, 4.69) is 15.5 Å². The van der Waals surface area contributed by atoms with Gasteiger partial charge >= 0.3 is 0 Å². The van der Waals surface area contributed by atoms with Crippen molar-refractivity contribution in [2.45, 2.75) is 44.2 Å². The molecule has 3 aromatic rings. The Bertz CT molecular complexity index is 1070. The Kier molecular flexibility index (Phi) is 5.55. The van der Waals surface area contributed by atoms with E-state index in [4.69, 9.17) is 9.72 Å². The van der Waals surface area contributed by atoms with Crippen LogP contribution in [0.15, 0.2) is 36.4 Å². The molecule has 1 unspecified atom stereocenters. The van der Waals surface area contributed by atoms with Crippen LogP contribution in [0.1, 0.15) is 42.9 Å². The van der Waals surface area contributed by atoms with Crippen LogP contribution in [-0.4, -0.2) is 51.8 Å². The summed E-state index contributed by atoms with van der Waals surface area (Å²) in [6, 6.07) is 10.7. The van der Waals surface area contributed by atoms with Gasteiger partial charge in [-0.3, -0.25) is 9.89 Å². The highest BCUT2D eigenvalue weighted by Gasteiger charge is 2.31. The Morgan fingerprint density at radius 1 is 1.19 bits per heavy atom. The molecule has 2 saturated heterocycles. The highest BCUT2D eigenvalue weighted by atomic mass is 19.1. The van der Waals surface area contributed by atoms with E-state index in [1.54, 1.807) is 12.1 Å². The topological polar surface area (TPSA) is 83.1 Å². The fourth-order valence-electron chi connectivity index (χ4n) is 4.47. The molecule has 7 nitrogen and oxygen atoms in total. The first-order valence-corrected chi connectivity index (χ1v) is 10.9. The number of hydrogen-bond acceptors (Lipinski definition) is 5. The zero-order valence-electron chi connectivity index (χ0n) is 17.3. The highest BCUT2D eigenvalue weighted by molar-refractivity contribution is 5.87. The normalized spacial score (nSPS) is 19.8. The van der Waals surface area contributed by atoms with Gasteiger partial charge in [0.25, 0.3) is 5.91 Å². The number of nitrogens with one attached hydrogen (secondary N) is 2. The van der Waals surface area contributed by atoms with Crippen LogP contribution in [-0.2, 0) is 16.1 Å². The quantitative estimate of drug-likeness (QED) is 0.655. The van der Waals surface area contributed by atoms with E-state index in [0.29, 0.717) is 36.1 Å². The lowest BCUT2D eigenvalue weighted by atomic mass is 9.92. The van der Waals surface area contributed by atoms with Gasteiger partial charge in [-0.25, -0.2) is 9.37 Å². The van der Waals surface area contributed by atoms with E-state index in [-0.39, 0.29) is 17.8 Å². The average Bonchev–Trinajstić information content (AvgIpc) is 3.48. The molecule has 2 fully saturated rings. The maximum atomic E-state index is 13.8. The van der Waals surface area contributed by atoms with E-state index in [0.717, 1.165) is 49.9 Å². The summed E-state index contributed by atoms with van der Waals surface area (Å²) in [5.74, 6) is 0.878. The number of anilines is 1. The largest absolute Gasteiger partial charge is 0.368 e. The standard InChI is InChI=1S/C23H26FN5O2/c24-18-5-2-1-4-16(18)14-25-21-17-7-8-19(26-22(17)28-27-21)15-9-11-29(12-10-15)23(30)20-6-3-13-31-20/h1-2,4-5,7-8,15,20H,3,6,9-14H2,(H2,25,26,27,28). The third kappa shape index (κ3) is 4.12. The van der Waals surface area contributed by atoms with E-state index >= 15 is 0 Å². The monoisotopic (exact) mass is 423 g/mol. The van der Waals surface area contributed by atoms with Crippen LogP contribution in [0.2, 0.25) is 0 Å². The molecule has 2 N–H and O–H groups in total. The van der Waals surface area contributed by atoms with Gasteiger partial charge in [0.05, 0.1) is 5.39 Å². The number of pyridine rings is 1. The molecule has 1 amide bonds. The number of halogens is 1. The first kappa shape index (κ1) is 19.9. The minimum atomic E-state index is -0.244. The molecule has 0 spiro atoms. The summed E-state index contributed by atoms with van der Waals surface area (Å²) in [4.78, 5) is 19.3. The van der Waals surface area contributed by atoms with E-state index in [1.165, 1.54) is 6.07 Å². The summed E-state index contributed by atoms with van der Waals surface area (Å²) < 4.78 is 19.4. The Balaban J connectivity index is 1.23. The minimum Gasteiger partial charge on any atom is -0.368 e. The second kappa shape index (κ2) is 8.63. The molecule has 2 aliphatic rings. The highest BCUT2D eigenvalue weighted by Crippen LogP contribution is 2.30. The molecule has 2 aliphatic heterocycles. The fraction of sp³-hybridized carbons (Fsp3) is 0.435. The molecule has 162 valence electrons. The van der Waals surface area contributed by atoms with Crippen LogP contribution in [0.4, 0.5) is 10.2 Å². The number of carbonyl (C=O) groups excluding carboxylic acids is 1. The van der Waals surface area contributed by atoms with Crippen molar-refractivity contribution in [1.29, 1.82) is 0 Å². The number of H-pyrrole nitrogens is 1. The van der Waals surface area contributed by atoms with E-state index < -0.39 is 0 Å². The number of amides is 1. The predicted octanol–water partition coefficient (Wildman–Crippen LogP) is 3.59. The van der Waals surface area contributed by atoms with Crippen molar-refractivity contribution in [2.75, 3.05) is 25.0 Å². The first-order valence-electron chi connectivity index (χ1n) is 10.9. The minimum absolute atomic E-state index is 0.137. The lowest BCUT2D eigenvalue weighted by Gasteiger charge is -2.33. The molecule has 0 saturated carbocycles. The van der Waals surface area contributed by atoms with Gasteiger partial charge in [-0.05, 0) is 43.9 Å². The van der Waals surface area contributed by atoms with Gasteiger partial charge in [0.15, 0.2) is 11.5 Å². The number of likely N-dealkylation sites (tertiary alicyclic amines) is 1. The van der Waals surface area contributed by atoms with Gasteiger partial charge in [0.2, 0.25) is 0 Å². The van der Waals surface area contributed by atoms with Gasteiger partial charge in [0.1, 0.15) is 11.9 Å². The molecule has 5 rings (SSSR count). The van der Waals surface area contributed by atoms with Crippen LogP contribution in [0.3, 0.4) is 0 Å². The molecule has 0 radical (unpaired) electrons. The van der Waals surface area contributed by atoms with Crippen LogP contribution < -0.4 is 5.32 Å². The van der Waals surface area contributed by atoms with Crippen molar-refractivity contribution in [3.63, 3.8) is 0 Å². The van der Waals surface area contributed by atoms with Crippen LogP contribution in [0, 0.1) is 5.82 Å². The number of hydrogen-bond donors (Lipinski definition) is 2. The molecule has 31 heavy (non-hydrogen) atoms. The number of aromatic amines is 1. The lowest BCUT2D eigenvalue weighted by molar-refractivity contribution is -0.142. The zero-order chi connectivity index (χ0) is 21.2. The van der Waals surface area contributed by atoms with Gasteiger partial charge in [0, 0.05) is 43.4 Å². The van der Waals surface area contributed by atoms with Gasteiger partial charge in [-0.2, -0.15) is 5.10 Å². The van der Waals surface area contributed by atoms with Crippen LogP contribution in [0.5, 0.6) is 0 Å². The van der Waals surface area contributed by atoms with Crippen molar-refractivity contribution < 1.29 is 13.9 Å². The maximum absolute atomic E-state index is 13.8. The van der Waals surface area contributed by atoms with Crippen molar-refractivity contribution in [1.82, 2.24) is 20.1 Å². The summed E-state index contributed by atoms with van der Waals surface area (Å²) in [5.41, 5.74) is 2.32. The number of carbonyl (C=O) groups is 1. The van der Waals surface area contributed by atoms with Gasteiger partial charge < -0.3 is 15.0 Å². The van der Waals surface area contributed by atoms with Gasteiger partial charge in [-0.1, -0.05) is 18.2 Å². The lowest BCUT2D eigenvalue weighted by Crippen LogP contribution is -2.43. The average molecular weight is 423 g/mol. The molecule has 2 aromatic heterocycles. The third-order valence-corrected chi connectivity index (χ3v) is 6.28. The third-order valence-electron chi connectivity index (χ3n) is 6.28. The molecular formula is C23H26FN5O2. The zero-order valence-corrected chi connectivity index (χ0v) is 17.3. The summed E-state index contributed by atoms with van der Waals surface area (Å²) in [6.07, 6.45) is 3.35. The number of fused-ring (bicyclic) bond motifs is 1. The summed E-state index contributed by atoms with van der Waals surface area (Å²) in [7, 11) is 0. The maximum Gasteiger partial charge on any atom is 0.251 e. The first-order chi connectivity index (χ1) is 15.2. The number of aromatic nitrogens is 3. The van der Waals surface area contributed by atoms with E-state index in [1.807, 2.05) is 23.1 Å². The Morgan fingerprint density at radius 3 is 2.81 bits per heavy atom. The summed E-state index contributed by atoms with van der Waals surface area (Å²) in [6.45, 7) is 2.52. The SMILES string of the molecule is O=C(C1CCCO1)N1CCC(c2ccc3c(NCc4ccccc4F)n[nH]c3n2)CC1. The smallest absolute Gasteiger partial charge is 0.251 e. The number of benzene rings is 1. The molecule has 1 aromatic carbocycles. The number of nitrogens with zero attached hydrogens (tertiary/aromatic N) is 3. The molecule has 0 aliphatic carbocycles. The van der Waals surface area contributed by atoms with Crippen molar-refractivity contribution in [3.05, 3.63) is 53.5 Å². The predicted molar refractivity (Wildman–Crippen MR) is 115 cm³/mol. The van der Waals surface area contributed by atoms with Crippen molar-refractivity contribution in [3.8, 4) is 0 Å². The molecule has 1 atom stereocenters. The number of ether oxygens (including phenoxy) is 1.